The molecule has 0 aromatic heterocycles. The molecular formula is C24H20IN3O6. The van der Waals surface area contributed by atoms with Crippen molar-refractivity contribution in [3.05, 3.63) is 85.9 Å². The highest BCUT2D eigenvalue weighted by Gasteiger charge is 2.43. The van der Waals surface area contributed by atoms with Gasteiger partial charge in [0, 0.05) is 0 Å². The van der Waals surface area contributed by atoms with Crippen molar-refractivity contribution in [1.82, 2.24) is 0 Å². The van der Waals surface area contributed by atoms with Crippen molar-refractivity contribution in [2.45, 2.75) is 5.92 Å². The van der Waals surface area contributed by atoms with Crippen LogP contribution < -0.4 is 10.6 Å². The first-order valence-corrected chi connectivity index (χ1v) is 10.9. The summed E-state index contributed by atoms with van der Waals surface area (Å²) >= 11 is 1.91. The molecule has 0 saturated carbocycles. The van der Waals surface area contributed by atoms with Crippen LogP contribution >= 0.6 is 22.6 Å². The first kappa shape index (κ1) is 24.8. The smallest absolute Gasteiger partial charge is 0.355 e. The number of nitrogens with two attached hydrogens (primary N) is 1. The zero-order chi connectivity index (χ0) is 25.0. The summed E-state index contributed by atoms with van der Waals surface area (Å²) in [5.74, 6) is -3.39. The fourth-order valence-electron chi connectivity index (χ4n) is 3.72. The third-order valence-electron chi connectivity index (χ3n) is 5.23. The normalized spacial score (nSPS) is 15.5. The first-order valence-electron chi connectivity index (χ1n) is 9.84. The van der Waals surface area contributed by atoms with E-state index in [1.807, 2.05) is 22.6 Å². The van der Waals surface area contributed by atoms with Gasteiger partial charge in [-0.25, -0.2) is 14.4 Å². The number of rotatable bonds is 5. The van der Waals surface area contributed by atoms with Crippen molar-refractivity contribution in [3.63, 3.8) is 0 Å². The molecule has 0 saturated heterocycles. The second-order valence-corrected chi connectivity index (χ2v) is 8.04. The standard InChI is InChI=1S/C24H20IN3O6/c1-32-22(29)14-10-7-11-16(19(14)25)28-20(24(31)34-3)18(23(30)33-2)17(15(12-26)21(28)27)13-8-5-4-6-9-13/h4-11,17H,27H2,1-3H3. The van der Waals surface area contributed by atoms with E-state index in [9.17, 15) is 19.6 Å². The van der Waals surface area contributed by atoms with Gasteiger partial charge in [-0.1, -0.05) is 36.4 Å². The number of nitrogens with zero attached hydrogens (tertiary/aromatic N) is 2. The summed E-state index contributed by atoms with van der Waals surface area (Å²) in [5, 5.41) is 10.1. The highest BCUT2D eigenvalue weighted by molar-refractivity contribution is 14.1. The topological polar surface area (TPSA) is 132 Å². The molecule has 0 spiro atoms. The number of carbonyl (C=O) groups excluding carboxylic acids is 3. The minimum Gasteiger partial charge on any atom is -0.466 e. The Morgan fingerprint density at radius 3 is 2.12 bits per heavy atom. The van der Waals surface area contributed by atoms with Crippen LogP contribution in [0.1, 0.15) is 21.8 Å². The minimum atomic E-state index is -0.981. The third-order valence-corrected chi connectivity index (χ3v) is 6.37. The lowest BCUT2D eigenvalue weighted by Gasteiger charge is -2.36. The highest BCUT2D eigenvalue weighted by atomic mass is 127. The van der Waals surface area contributed by atoms with Crippen LogP contribution in [0.4, 0.5) is 5.69 Å². The molecule has 3 rings (SSSR count). The molecule has 1 unspecified atom stereocenters. The van der Waals surface area contributed by atoms with Gasteiger partial charge in [0.15, 0.2) is 0 Å². The number of hydrogen-bond acceptors (Lipinski definition) is 9. The summed E-state index contributed by atoms with van der Waals surface area (Å²) in [6, 6.07) is 15.5. The average Bonchev–Trinajstić information content (AvgIpc) is 2.87. The van der Waals surface area contributed by atoms with Gasteiger partial charge in [-0.05, 0) is 40.3 Å². The van der Waals surface area contributed by atoms with E-state index < -0.39 is 23.8 Å². The maximum atomic E-state index is 13.1. The Hall–Kier alpha value is -3.85. The second kappa shape index (κ2) is 10.4. The molecule has 0 fully saturated rings. The number of carbonyl (C=O) groups is 3. The van der Waals surface area contributed by atoms with Gasteiger partial charge in [-0.3, -0.25) is 4.90 Å². The number of methoxy groups -OCH3 is 3. The second-order valence-electron chi connectivity index (χ2n) is 6.97. The summed E-state index contributed by atoms with van der Waals surface area (Å²) in [7, 11) is 3.58. The Kier molecular flexibility index (Phi) is 7.57. The molecule has 1 heterocycles. The van der Waals surface area contributed by atoms with Gasteiger partial charge in [0.05, 0.1) is 59.3 Å². The number of anilines is 1. The van der Waals surface area contributed by atoms with Crippen LogP contribution in [0, 0.1) is 14.9 Å². The molecule has 0 aliphatic carbocycles. The van der Waals surface area contributed by atoms with Gasteiger partial charge in [0.1, 0.15) is 11.5 Å². The number of hydrogen-bond donors (Lipinski definition) is 1. The van der Waals surface area contributed by atoms with E-state index >= 15 is 0 Å². The molecular weight excluding hydrogens is 553 g/mol. The van der Waals surface area contributed by atoms with Crippen LogP contribution in [0.15, 0.2) is 71.2 Å². The molecule has 0 radical (unpaired) electrons. The van der Waals surface area contributed by atoms with E-state index in [2.05, 4.69) is 6.07 Å². The molecule has 10 heteroatoms. The van der Waals surface area contributed by atoms with Crippen LogP contribution in [-0.4, -0.2) is 39.2 Å². The summed E-state index contributed by atoms with van der Waals surface area (Å²) in [6.07, 6.45) is 0. The molecule has 2 N–H and O–H groups in total. The Balaban J connectivity index is 2.44. The molecule has 1 atom stereocenters. The summed E-state index contributed by atoms with van der Waals surface area (Å²) in [4.78, 5) is 39.7. The van der Waals surface area contributed by atoms with Crippen LogP contribution in [0.5, 0.6) is 0 Å². The quantitative estimate of drug-likeness (QED) is 0.326. The largest absolute Gasteiger partial charge is 0.466 e. The zero-order valence-corrected chi connectivity index (χ0v) is 20.7. The fourth-order valence-corrected chi connectivity index (χ4v) is 4.54. The maximum absolute atomic E-state index is 13.1. The van der Waals surface area contributed by atoms with Gasteiger partial charge in [0.2, 0.25) is 0 Å². The monoisotopic (exact) mass is 573 g/mol. The van der Waals surface area contributed by atoms with E-state index in [4.69, 9.17) is 19.9 Å². The van der Waals surface area contributed by atoms with Crippen molar-refractivity contribution < 1.29 is 28.6 Å². The number of ether oxygens (including phenoxy) is 3. The number of esters is 3. The van der Waals surface area contributed by atoms with Crippen molar-refractivity contribution in [2.75, 3.05) is 26.2 Å². The van der Waals surface area contributed by atoms with Crippen LogP contribution in [0.2, 0.25) is 0 Å². The lowest BCUT2D eigenvalue weighted by molar-refractivity contribution is -0.139. The molecule has 1 aliphatic rings. The Morgan fingerprint density at radius 2 is 1.56 bits per heavy atom. The number of halogens is 1. The van der Waals surface area contributed by atoms with Gasteiger partial charge < -0.3 is 19.9 Å². The zero-order valence-electron chi connectivity index (χ0n) is 18.5. The van der Waals surface area contributed by atoms with Crippen LogP contribution in [-0.2, 0) is 23.8 Å². The van der Waals surface area contributed by atoms with Gasteiger partial charge in [-0.15, -0.1) is 0 Å². The van der Waals surface area contributed by atoms with E-state index in [1.165, 1.54) is 19.1 Å². The van der Waals surface area contributed by atoms with Crippen molar-refractivity contribution in [2.24, 2.45) is 5.73 Å². The fraction of sp³-hybridized carbons (Fsp3) is 0.167. The average molecular weight is 573 g/mol. The number of allylic oxidation sites excluding steroid dienone is 1. The van der Waals surface area contributed by atoms with Gasteiger partial charge in [-0.2, -0.15) is 5.26 Å². The lowest BCUT2D eigenvalue weighted by Crippen LogP contribution is -2.41. The Labute approximate surface area is 209 Å². The predicted octanol–water partition coefficient (Wildman–Crippen LogP) is 2.98. The third kappa shape index (κ3) is 4.22. The summed E-state index contributed by atoms with van der Waals surface area (Å²) in [5.41, 5.74) is 7.21. The number of nitriles is 1. The van der Waals surface area contributed by atoms with Crippen LogP contribution in [0.3, 0.4) is 0 Å². The molecule has 1 aliphatic heterocycles. The highest BCUT2D eigenvalue weighted by Crippen LogP contribution is 2.44. The summed E-state index contributed by atoms with van der Waals surface area (Å²) < 4.78 is 15.2. The molecule has 0 amide bonds. The van der Waals surface area contributed by atoms with Gasteiger partial charge >= 0.3 is 17.9 Å². The number of benzene rings is 2. The van der Waals surface area contributed by atoms with E-state index in [0.29, 0.717) is 9.13 Å². The Morgan fingerprint density at radius 1 is 0.941 bits per heavy atom. The van der Waals surface area contributed by atoms with E-state index in [-0.39, 0.29) is 33.9 Å². The molecule has 2 aromatic carbocycles. The minimum absolute atomic E-state index is 0.0264. The Bertz CT molecular complexity index is 1260. The van der Waals surface area contributed by atoms with E-state index in [1.54, 1.807) is 48.5 Å². The lowest BCUT2D eigenvalue weighted by atomic mass is 9.81. The first-order chi connectivity index (χ1) is 16.3. The predicted molar refractivity (Wildman–Crippen MR) is 130 cm³/mol. The molecule has 9 nitrogen and oxygen atoms in total. The SMILES string of the molecule is COC(=O)C1=C(C(=O)OC)N(c2cccc(C(=O)OC)c2I)C(N)=C(C#N)C1c1ccccc1. The van der Waals surface area contributed by atoms with E-state index in [0.717, 1.165) is 7.11 Å². The van der Waals surface area contributed by atoms with Crippen molar-refractivity contribution in [1.29, 1.82) is 5.26 Å². The van der Waals surface area contributed by atoms with Crippen LogP contribution in [0.25, 0.3) is 0 Å². The molecule has 0 bridgehead atoms. The maximum Gasteiger partial charge on any atom is 0.355 e. The molecule has 174 valence electrons. The van der Waals surface area contributed by atoms with Gasteiger partial charge in [0.25, 0.3) is 0 Å². The summed E-state index contributed by atoms with van der Waals surface area (Å²) in [6.45, 7) is 0. The van der Waals surface area contributed by atoms with Crippen molar-refractivity contribution >= 4 is 46.2 Å². The molecule has 34 heavy (non-hydrogen) atoms. The van der Waals surface area contributed by atoms with Crippen molar-refractivity contribution in [3.8, 4) is 6.07 Å². The molecule has 2 aromatic rings.